The molecule has 0 fully saturated rings. The summed E-state index contributed by atoms with van der Waals surface area (Å²) in [7, 11) is 0. The van der Waals surface area contributed by atoms with Gasteiger partial charge in [-0.15, -0.1) is 11.8 Å². The minimum Gasteiger partial charge on any atom is -0.490 e. The van der Waals surface area contributed by atoms with Gasteiger partial charge >= 0.3 is 0 Å². The van der Waals surface area contributed by atoms with E-state index in [2.05, 4.69) is 12.1 Å². The zero-order chi connectivity index (χ0) is 14.9. The number of thioether (sulfide) groups is 1. The molecule has 0 atom stereocenters. The maximum absolute atomic E-state index is 5.80. The fraction of sp³-hybridized carbons (Fsp3) is 0.294. The Morgan fingerprint density at radius 2 is 1.76 bits per heavy atom. The molecule has 0 aliphatic carbocycles. The second kappa shape index (κ2) is 8.60. The molecule has 2 N–H and O–H groups in total. The molecule has 0 radical (unpaired) electrons. The summed E-state index contributed by atoms with van der Waals surface area (Å²) in [4.78, 5) is 1.22. The minimum atomic E-state index is 0.576. The molecular weight excluding hydrogens is 282 g/mol. The van der Waals surface area contributed by atoms with Crippen LogP contribution < -0.4 is 15.2 Å². The average Bonchev–Trinajstić information content (AvgIpc) is 2.53. The molecule has 0 spiro atoms. The molecular formula is C17H21NO2S. The van der Waals surface area contributed by atoms with Crippen LogP contribution in [0.25, 0.3) is 0 Å². The lowest BCUT2D eigenvalue weighted by Gasteiger charge is -2.11. The molecule has 21 heavy (non-hydrogen) atoms. The fourth-order valence-corrected chi connectivity index (χ4v) is 2.73. The fourth-order valence-electron chi connectivity index (χ4n) is 1.92. The Balaban J connectivity index is 1.81. The molecule has 0 unspecified atom stereocenters. The van der Waals surface area contributed by atoms with Gasteiger partial charge in [0.15, 0.2) is 11.5 Å². The van der Waals surface area contributed by atoms with Crippen LogP contribution in [-0.4, -0.2) is 19.0 Å². The van der Waals surface area contributed by atoms with Crippen molar-refractivity contribution in [1.29, 1.82) is 0 Å². The summed E-state index contributed by atoms with van der Waals surface area (Å²) in [6.45, 7) is 3.83. The predicted octanol–water partition coefficient (Wildman–Crippen LogP) is 3.72. The monoisotopic (exact) mass is 303 g/mol. The third kappa shape index (κ3) is 4.99. The van der Waals surface area contributed by atoms with Gasteiger partial charge in [0.1, 0.15) is 0 Å². The molecule has 0 saturated heterocycles. The summed E-state index contributed by atoms with van der Waals surface area (Å²) in [6, 6.07) is 16.1. The van der Waals surface area contributed by atoms with Crippen LogP contribution in [0.2, 0.25) is 0 Å². The number of benzene rings is 2. The molecule has 112 valence electrons. The van der Waals surface area contributed by atoms with Crippen molar-refractivity contribution in [3.05, 3.63) is 54.1 Å². The number of rotatable bonds is 8. The van der Waals surface area contributed by atoms with E-state index in [1.54, 1.807) is 11.8 Å². The van der Waals surface area contributed by atoms with Gasteiger partial charge < -0.3 is 15.2 Å². The van der Waals surface area contributed by atoms with Crippen LogP contribution in [0.5, 0.6) is 11.5 Å². The number of para-hydroxylation sites is 2. The van der Waals surface area contributed by atoms with Crippen LogP contribution in [0.15, 0.2) is 53.4 Å². The first-order valence-electron chi connectivity index (χ1n) is 7.10. The zero-order valence-electron chi connectivity index (χ0n) is 12.2. The molecule has 2 aromatic carbocycles. The lowest BCUT2D eigenvalue weighted by Crippen LogP contribution is -2.03. The topological polar surface area (TPSA) is 44.5 Å². The predicted molar refractivity (Wildman–Crippen MR) is 88.2 cm³/mol. The summed E-state index contributed by atoms with van der Waals surface area (Å²) >= 11 is 1.77. The van der Waals surface area contributed by atoms with E-state index in [0.717, 1.165) is 22.8 Å². The number of ether oxygens (including phenoxy) is 2. The molecule has 0 aliphatic rings. The third-order valence-electron chi connectivity index (χ3n) is 2.89. The maximum Gasteiger partial charge on any atom is 0.161 e. The van der Waals surface area contributed by atoms with Crippen LogP contribution in [0.1, 0.15) is 12.5 Å². The second-order valence-electron chi connectivity index (χ2n) is 4.43. The summed E-state index contributed by atoms with van der Waals surface area (Å²) in [6.07, 6.45) is 0. The Labute approximate surface area is 130 Å². The Morgan fingerprint density at radius 3 is 2.48 bits per heavy atom. The Morgan fingerprint density at radius 1 is 1.00 bits per heavy atom. The Kier molecular flexibility index (Phi) is 6.44. The van der Waals surface area contributed by atoms with Gasteiger partial charge in [0.25, 0.3) is 0 Å². The van der Waals surface area contributed by atoms with Gasteiger partial charge in [-0.3, -0.25) is 0 Å². The van der Waals surface area contributed by atoms with Crippen molar-refractivity contribution < 1.29 is 9.47 Å². The average molecular weight is 303 g/mol. The standard InChI is InChI=1S/C17H21NO2S/c1-2-19-16-8-3-4-9-17(16)20-10-11-21-15-7-5-6-14(12-15)13-18/h3-9,12H,2,10-11,13,18H2,1H3. The molecule has 0 aromatic heterocycles. The second-order valence-corrected chi connectivity index (χ2v) is 5.60. The molecule has 0 aliphatic heterocycles. The van der Waals surface area contributed by atoms with E-state index in [1.807, 2.05) is 43.3 Å². The van der Waals surface area contributed by atoms with Crippen molar-refractivity contribution in [1.82, 2.24) is 0 Å². The van der Waals surface area contributed by atoms with Crippen molar-refractivity contribution >= 4 is 11.8 Å². The highest BCUT2D eigenvalue weighted by Crippen LogP contribution is 2.27. The van der Waals surface area contributed by atoms with Gasteiger partial charge in [-0.1, -0.05) is 24.3 Å². The first kappa shape index (κ1) is 15.7. The van der Waals surface area contributed by atoms with E-state index in [4.69, 9.17) is 15.2 Å². The van der Waals surface area contributed by atoms with Crippen LogP contribution in [0, 0.1) is 0 Å². The van der Waals surface area contributed by atoms with E-state index in [9.17, 15) is 0 Å². The maximum atomic E-state index is 5.80. The molecule has 2 rings (SSSR count). The largest absolute Gasteiger partial charge is 0.490 e. The SMILES string of the molecule is CCOc1ccccc1OCCSc1cccc(CN)c1. The van der Waals surface area contributed by atoms with Gasteiger partial charge in [0.2, 0.25) is 0 Å². The van der Waals surface area contributed by atoms with Gasteiger partial charge in [0, 0.05) is 17.2 Å². The van der Waals surface area contributed by atoms with Crippen LogP contribution >= 0.6 is 11.8 Å². The lowest BCUT2D eigenvalue weighted by molar-refractivity contribution is 0.289. The van der Waals surface area contributed by atoms with Crippen molar-refractivity contribution in [2.75, 3.05) is 19.0 Å². The summed E-state index contributed by atoms with van der Waals surface area (Å²) < 4.78 is 11.3. The van der Waals surface area contributed by atoms with Gasteiger partial charge in [-0.2, -0.15) is 0 Å². The van der Waals surface area contributed by atoms with Crippen molar-refractivity contribution in [2.24, 2.45) is 5.73 Å². The first-order chi connectivity index (χ1) is 10.3. The van der Waals surface area contributed by atoms with E-state index in [1.165, 1.54) is 4.90 Å². The van der Waals surface area contributed by atoms with Gasteiger partial charge in [-0.05, 0) is 36.8 Å². The molecule has 0 saturated carbocycles. The van der Waals surface area contributed by atoms with Crippen LogP contribution in [0.4, 0.5) is 0 Å². The lowest BCUT2D eigenvalue weighted by atomic mass is 10.2. The van der Waals surface area contributed by atoms with Crippen molar-refractivity contribution in [3.8, 4) is 11.5 Å². The number of hydrogen-bond donors (Lipinski definition) is 1. The molecule has 3 nitrogen and oxygen atoms in total. The molecule has 0 heterocycles. The molecule has 0 bridgehead atoms. The van der Waals surface area contributed by atoms with Crippen molar-refractivity contribution in [3.63, 3.8) is 0 Å². The highest BCUT2D eigenvalue weighted by Gasteiger charge is 2.03. The van der Waals surface area contributed by atoms with Gasteiger partial charge in [-0.25, -0.2) is 0 Å². The normalized spacial score (nSPS) is 10.4. The first-order valence-corrected chi connectivity index (χ1v) is 8.08. The van der Waals surface area contributed by atoms with E-state index >= 15 is 0 Å². The minimum absolute atomic E-state index is 0.576. The molecule has 0 amide bonds. The quantitative estimate of drug-likeness (QED) is 0.596. The summed E-state index contributed by atoms with van der Waals surface area (Å²) in [5, 5.41) is 0. The van der Waals surface area contributed by atoms with Crippen LogP contribution in [0.3, 0.4) is 0 Å². The smallest absolute Gasteiger partial charge is 0.161 e. The molecule has 4 heteroatoms. The van der Waals surface area contributed by atoms with E-state index in [0.29, 0.717) is 19.8 Å². The molecule has 2 aromatic rings. The Bertz CT molecular complexity index is 560. The highest BCUT2D eigenvalue weighted by atomic mass is 32.2. The number of nitrogens with two attached hydrogens (primary N) is 1. The van der Waals surface area contributed by atoms with E-state index in [-0.39, 0.29) is 0 Å². The Hall–Kier alpha value is -1.65. The van der Waals surface area contributed by atoms with Crippen molar-refractivity contribution in [2.45, 2.75) is 18.4 Å². The van der Waals surface area contributed by atoms with Gasteiger partial charge in [0.05, 0.1) is 13.2 Å². The summed E-state index contributed by atoms with van der Waals surface area (Å²) in [5.41, 5.74) is 6.80. The third-order valence-corrected chi connectivity index (χ3v) is 3.85. The van der Waals surface area contributed by atoms with E-state index < -0.39 is 0 Å². The zero-order valence-corrected chi connectivity index (χ0v) is 13.1. The summed E-state index contributed by atoms with van der Waals surface area (Å²) in [5.74, 6) is 2.49. The highest BCUT2D eigenvalue weighted by molar-refractivity contribution is 7.99. The number of hydrogen-bond acceptors (Lipinski definition) is 4. The van der Waals surface area contributed by atoms with Crippen LogP contribution in [-0.2, 0) is 6.54 Å².